The van der Waals surface area contributed by atoms with Crippen LogP contribution in [0.5, 0.6) is 17.2 Å². The molecule has 2 rings (SSSR count). The number of nitro groups is 1. The quantitative estimate of drug-likeness (QED) is 0.527. The SMILES string of the molecule is COc1cc(Oc2ccc(N)cc2)c([N+](=O)[O-])cc1F. The van der Waals surface area contributed by atoms with Gasteiger partial charge < -0.3 is 15.2 Å². The molecule has 0 spiro atoms. The zero-order chi connectivity index (χ0) is 14.7. The number of nitrogens with two attached hydrogens (primary N) is 1. The minimum atomic E-state index is -0.830. The van der Waals surface area contributed by atoms with Gasteiger partial charge in [0.1, 0.15) is 5.75 Å². The highest BCUT2D eigenvalue weighted by molar-refractivity contribution is 5.53. The number of halogens is 1. The molecule has 0 aliphatic heterocycles. The van der Waals surface area contributed by atoms with E-state index in [0.29, 0.717) is 11.4 Å². The van der Waals surface area contributed by atoms with E-state index in [2.05, 4.69) is 0 Å². The van der Waals surface area contributed by atoms with E-state index in [1.165, 1.54) is 7.11 Å². The summed E-state index contributed by atoms with van der Waals surface area (Å²) in [7, 11) is 1.26. The van der Waals surface area contributed by atoms with Crippen LogP contribution in [0.25, 0.3) is 0 Å². The van der Waals surface area contributed by atoms with Crippen LogP contribution < -0.4 is 15.2 Å². The van der Waals surface area contributed by atoms with Gasteiger partial charge in [-0.1, -0.05) is 0 Å². The first kappa shape index (κ1) is 13.6. The summed E-state index contributed by atoms with van der Waals surface area (Å²) in [6.45, 7) is 0. The number of ether oxygens (including phenoxy) is 2. The Morgan fingerprint density at radius 2 is 1.85 bits per heavy atom. The highest BCUT2D eigenvalue weighted by atomic mass is 19.1. The monoisotopic (exact) mass is 278 g/mol. The molecular formula is C13H11FN2O4. The number of nitrogen functional groups attached to an aromatic ring is 1. The molecule has 0 atom stereocenters. The number of anilines is 1. The summed E-state index contributed by atoms with van der Waals surface area (Å²) in [5.41, 5.74) is 5.58. The molecule has 0 saturated carbocycles. The van der Waals surface area contributed by atoms with Crippen molar-refractivity contribution in [3.8, 4) is 17.2 Å². The standard InChI is InChI=1S/C13H11FN2O4/c1-19-12-7-13(11(16(17)18)6-10(12)14)20-9-4-2-8(15)3-5-9/h2-7H,15H2,1H3. The van der Waals surface area contributed by atoms with Gasteiger partial charge in [-0.25, -0.2) is 4.39 Å². The number of nitrogens with zero attached hydrogens (tertiary/aromatic N) is 1. The predicted molar refractivity (Wildman–Crippen MR) is 70.5 cm³/mol. The summed E-state index contributed by atoms with van der Waals surface area (Å²) in [6.07, 6.45) is 0. The second-order valence-corrected chi connectivity index (χ2v) is 3.88. The second kappa shape index (κ2) is 5.43. The van der Waals surface area contributed by atoms with Crippen LogP contribution in [-0.4, -0.2) is 12.0 Å². The maximum Gasteiger partial charge on any atom is 0.314 e. The highest BCUT2D eigenvalue weighted by Crippen LogP contribution is 2.36. The minimum absolute atomic E-state index is 0.113. The van der Waals surface area contributed by atoms with E-state index >= 15 is 0 Å². The van der Waals surface area contributed by atoms with Crippen molar-refractivity contribution in [2.45, 2.75) is 0 Å². The lowest BCUT2D eigenvalue weighted by Gasteiger charge is -2.09. The number of hydrogen-bond acceptors (Lipinski definition) is 5. The van der Waals surface area contributed by atoms with Crippen molar-refractivity contribution in [2.24, 2.45) is 0 Å². The van der Waals surface area contributed by atoms with Crippen LogP contribution in [0.15, 0.2) is 36.4 Å². The molecule has 0 saturated heterocycles. The molecule has 20 heavy (non-hydrogen) atoms. The number of hydrogen-bond donors (Lipinski definition) is 1. The molecule has 0 radical (unpaired) electrons. The fourth-order valence-electron chi connectivity index (χ4n) is 1.57. The fraction of sp³-hybridized carbons (Fsp3) is 0.0769. The summed E-state index contributed by atoms with van der Waals surface area (Å²) in [6, 6.07) is 8.16. The maximum atomic E-state index is 13.5. The van der Waals surface area contributed by atoms with Gasteiger partial charge >= 0.3 is 5.69 Å². The molecule has 6 nitrogen and oxygen atoms in total. The van der Waals surface area contributed by atoms with E-state index in [9.17, 15) is 14.5 Å². The fourth-order valence-corrected chi connectivity index (χ4v) is 1.57. The Labute approximate surface area is 113 Å². The van der Waals surface area contributed by atoms with Crippen LogP contribution >= 0.6 is 0 Å². The van der Waals surface area contributed by atoms with Crippen LogP contribution in [0.4, 0.5) is 15.8 Å². The molecule has 0 fully saturated rings. The Kier molecular flexibility index (Phi) is 3.69. The Bertz CT molecular complexity index is 644. The number of nitro benzene ring substituents is 1. The number of methoxy groups -OCH3 is 1. The zero-order valence-corrected chi connectivity index (χ0v) is 10.5. The van der Waals surface area contributed by atoms with Crippen LogP contribution in [0.2, 0.25) is 0 Å². The Balaban J connectivity index is 2.43. The highest BCUT2D eigenvalue weighted by Gasteiger charge is 2.21. The maximum absolute atomic E-state index is 13.5. The smallest absolute Gasteiger partial charge is 0.314 e. The summed E-state index contributed by atoms with van der Waals surface area (Å²) in [5, 5.41) is 10.9. The molecule has 2 aromatic carbocycles. The summed E-state index contributed by atoms with van der Waals surface area (Å²) in [4.78, 5) is 10.2. The molecule has 0 bridgehead atoms. The Hall–Kier alpha value is -2.83. The minimum Gasteiger partial charge on any atom is -0.494 e. The molecule has 0 aliphatic carbocycles. The van der Waals surface area contributed by atoms with Gasteiger partial charge in [0.25, 0.3) is 0 Å². The van der Waals surface area contributed by atoms with Crippen LogP contribution in [-0.2, 0) is 0 Å². The van der Waals surface area contributed by atoms with Crippen molar-refractivity contribution in [3.05, 3.63) is 52.3 Å². The molecule has 0 aromatic heterocycles. The van der Waals surface area contributed by atoms with E-state index in [4.69, 9.17) is 15.2 Å². The Morgan fingerprint density at radius 3 is 2.40 bits per heavy atom. The van der Waals surface area contributed by atoms with Crippen molar-refractivity contribution in [1.82, 2.24) is 0 Å². The van der Waals surface area contributed by atoms with Gasteiger partial charge in [0.05, 0.1) is 18.1 Å². The first-order valence-corrected chi connectivity index (χ1v) is 5.56. The van der Waals surface area contributed by atoms with Crippen LogP contribution in [0.1, 0.15) is 0 Å². The van der Waals surface area contributed by atoms with Gasteiger partial charge in [-0.3, -0.25) is 10.1 Å². The third kappa shape index (κ3) is 2.77. The molecule has 7 heteroatoms. The molecule has 2 N–H and O–H groups in total. The molecule has 2 aromatic rings. The van der Waals surface area contributed by atoms with Gasteiger partial charge in [-0.2, -0.15) is 0 Å². The van der Waals surface area contributed by atoms with Gasteiger partial charge in [-0.15, -0.1) is 0 Å². The Morgan fingerprint density at radius 1 is 1.20 bits per heavy atom. The van der Waals surface area contributed by atoms with Crippen molar-refractivity contribution in [2.75, 3.05) is 12.8 Å². The van der Waals surface area contributed by atoms with E-state index in [1.807, 2.05) is 0 Å². The van der Waals surface area contributed by atoms with Crippen LogP contribution in [0, 0.1) is 15.9 Å². The van der Waals surface area contributed by atoms with Crippen molar-refractivity contribution in [1.29, 1.82) is 0 Å². The molecular weight excluding hydrogens is 267 g/mol. The first-order chi connectivity index (χ1) is 9.51. The average molecular weight is 278 g/mol. The summed E-state index contributed by atoms with van der Waals surface area (Å²) in [5.74, 6) is -0.737. The molecule has 0 heterocycles. The van der Waals surface area contributed by atoms with E-state index < -0.39 is 16.4 Å². The largest absolute Gasteiger partial charge is 0.494 e. The van der Waals surface area contributed by atoms with Crippen LogP contribution in [0.3, 0.4) is 0 Å². The third-order valence-electron chi connectivity index (χ3n) is 2.54. The summed E-state index contributed by atoms with van der Waals surface area (Å²) >= 11 is 0. The van der Waals surface area contributed by atoms with Gasteiger partial charge in [0.15, 0.2) is 11.6 Å². The average Bonchev–Trinajstić information content (AvgIpc) is 2.42. The lowest BCUT2D eigenvalue weighted by atomic mass is 10.2. The van der Waals surface area contributed by atoms with Gasteiger partial charge in [-0.05, 0) is 24.3 Å². The molecule has 0 amide bonds. The van der Waals surface area contributed by atoms with E-state index in [1.54, 1.807) is 24.3 Å². The van der Waals surface area contributed by atoms with Crippen molar-refractivity contribution in [3.63, 3.8) is 0 Å². The topological polar surface area (TPSA) is 87.6 Å². The molecule has 104 valence electrons. The normalized spacial score (nSPS) is 10.1. The lowest BCUT2D eigenvalue weighted by molar-refractivity contribution is -0.385. The second-order valence-electron chi connectivity index (χ2n) is 3.88. The van der Waals surface area contributed by atoms with Crippen molar-refractivity contribution >= 4 is 11.4 Å². The lowest BCUT2D eigenvalue weighted by Crippen LogP contribution is -1.97. The summed E-state index contributed by atoms with van der Waals surface area (Å²) < 4.78 is 23.6. The molecule has 0 unspecified atom stereocenters. The third-order valence-corrected chi connectivity index (χ3v) is 2.54. The predicted octanol–water partition coefficient (Wildman–Crippen LogP) is 3.12. The number of rotatable bonds is 4. The van der Waals surface area contributed by atoms with Gasteiger partial charge in [0, 0.05) is 11.8 Å². The zero-order valence-electron chi connectivity index (χ0n) is 10.5. The van der Waals surface area contributed by atoms with Crippen molar-refractivity contribution < 1.29 is 18.8 Å². The van der Waals surface area contributed by atoms with E-state index in [-0.39, 0.29) is 11.5 Å². The van der Waals surface area contributed by atoms with E-state index in [0.717, 1.165) is 12.1 Å². The molecule has 0 aliphatic rings. The van der Waals surface area contributed by atoms with Gasteiger partial charge in [0.2, 0.25) is 5.75 Å². The number of benzene rings is 2. The first-order valence-electron chi connectivity index (χ1n) is 5.56.